The average molecular weight is 571 g/mol. The predicted octanol–water partition coefficient (Wildman–Crippen LogP) is 8.24. The first kappa shape index (κ1) is 26.1. The van der Waals surface area contributed by atoms with Crippen LogP contribution in [0.5, 0.6) is 0 Å². The van der Waals surface area contributed by atoms with Crippen LogP contribution in [0.2, 0.25) is 5.02 Å². The molecule has 0 saturated carbocycles. The Balaban J connectivity index is 1.66. The van der Waals surface area contributed by atoms with Crippen molar-refractivity contribution in [3.8, 4) is 0 Å². The van der Waals surface area contributed by atoms with Crippen LogP contribution in [-0.2, 0) is 18.5 Å². The predicted molar refractivity (Wildman–Crippen MR) is 164 cm³/mol. The maximum atomic E-state index is 13.1. The molecule has 2 aliphatic heterocycles. The van der Waals surface area contributed by atoms with Gasteiger partial charge in [0.05, 0.1) is 17.0 Å². The summed E-state index contributed by atoms with van der Waals surface area (Å²) in [6.07, 6.45) is 0. The Morgan fingerprint density at radius 1 is 0.846 bits per heavy atom. The molecule has 0 N–H and O–H groups in total. The highest BCUT2D eigenvalue weighted by atomic mass is 35.5. The number of carbonyl (C=O) groups excluding carboxylic acids is 1. The number of thioether (sulfide) groups is 2. The minimum Gasteiger partial charge on any atom is -0.461 e. The number of hydrazone groups is 1. The summed E-state index contributed by atoms with van der Waals surface area (Å²) >= 11 is 9.72. The SMILES string of the molecule is CCOC(=O)C1=NN(c2cccc(Cl)c2)[C@@]2(S1)SC(c1ccccc1C)(c1ccccc1C)c1ccccc12. The van der Waals surface area contributed by atoms with Crippen molar-refractivity contribution in [1.82, 2.24) is 0 Å². The first-order valence-corrected chi connectivity index (χ1v) is 14.8. The highest BCUT2D eigenvalue weighted by molar-refractivity contribution is 8.27. The van der Waals surface area contributed by atoms with Crippen molar-refractivity contribution >= 4 is 51.8 Å². The van der Waals surface area contributed by atoms with E-state index >= 15 is 0 Å². The van der Waals surface area contributed by atoms with Gasteiger partial charge in [0, 0.05) is 10.6 Å². The fraction of sp³-hybridized carbons (Fsp3) is 0.188. The van der Waals surface area contributed by atoms with Crippen molar-refractivity contribution in [2.75, 3.05) is 11.6 Å². The number of hydrogen-bond donors (Lipinski definition) is 0. The molecule has 1 atom stereocenters. The van der Waals surface area contributed by atoms with Gasteiger partial charge in [0.2, 0.25) is 5.04 Å². The van der Waals surface area contributed by atoms with Crippen LogP contribution in [0, 0.1) is 13.8 Å². The Morgan fingerprint density at radius 2 is 1.44 bits per heavy atom. The quantitative estimate of drug-likeness (QED) is 0.226. The number of carbonyl (C=O) groups is 1. The number of anilines is 1. The number of ether oxygens (including phenoxy) is 1. The minimum atomic E-state index is -0.784. The van der Waals surface area contributed by atoms with E-state index in [2.05, 4.69) is 86.6 Å². The summed E-state index contributed by atoms with van der Waals surface area (Å²) in [7, 11) is 0. The van der Waals surface area contributed by atoms with Crippen molar-refractivity contribution in [3.05, 3.63) is 135 Å². The smallest absolute Gasteiger partial charge is 0.365 e. The Bertz CT molecular complexity index is 1580. The van der Waals surface area contributed by atoms with Crippen molar-refractivity contribution in [2.45, 2.75) is 29.7 Å². The van der Waals surface area contributed by atoms with Crippen molar-refractivity contribution in [2.24, 2.45) is 5.10 Å². The van der Waals surface area contributed by atoms with Gasteiger partial charge in [-0.05, 0) is 66.8 Å². The first-order chi connectivity index (χ1) is 18.9. The summed E-state index contributed by atoms with van der Waals surface area (Å²) in [5.74, 6) is -0.422. The second-order valence-electron chi connectivity index (χ2n) is 9.56. The molecule has 7 heteroatoms. The number of rotatable bonds is 5. The fourth-order valence-electron chi connectivity index (χ4n) is 5.56. The van der Waals surface area contributed by atoms with E-state index in [1.165, 1.54) is 39.6 Å². The molecule has 1 spiro atoms. The molecule has 4 aromatic rings. The molecule has 0 fully saturated rings. The zero-order valence-corrected chi connectivity index (χ0v) is 24.2. The van der Waals surface area contributed by atoms with Gasteiger partial charge in [-0.15, -0.1) is 0 Å². The molecule has 0 radical (unpaired) electrons. The summed E-state index contributed by atoms with van der Waals surface area (Å²) in [5, 5.41) is 7.79. The monoisotopic (exact) mass is 570 g/mol. The zero-order valence-electron chi connectivity index (χ0n) is 21.9. The maximum Gasteiger partial charge on any atom is 0.365 e. The molecule has 0 aromatic heterocycles. The number of esters is 1. The maximum absolute atomic E-state index is 13.1. The van der Waals surface area contributed by atoms with Crippen molar-refractivity contribution in [3.63, 3.8) is 0 Å². The van der Waals surface area contributed by atoms with Crippen LogP contribution in [0.4, 0.5) is 5.69 Å². The largest absolute Gasteiger partial charge is 0.461 e. The zero-order chi connectivity index (χ0) is 27.2. The number of halogens is 1. The van der Waals surface area contributed by atoms with E-state index in [1.54, 1.807) is 11.8 Å². The summed E-state index contributed by atoms with van der Waals surface area (Å²) in [6, 6.07) is 33.3. The Labute approximate surface area is 242 Å². The van der Waals surface area contributed by atoms with Crippen LogP contribution in [0.25, 0.3) is 0 Å². The second kappa shape index (κ2) is 10.1. The Hall–Kier alpha value is -3.19. The van der Waals surface area contributed by atoms with Gasteiger partial charge in [-0.3, -0.25) is 0 Å². The molecule has 0 bridgehead atoms. The minimum absolute atomic E-state index is 0.280. The van der Waals surface area contributed by atoms with Gasteiger partial charge in [-0.25, -0.2) is 9.80 Å². The van der Waals surface area contributed by atoms with E-state index in [9.17, 15) is 4.79 Å². The van der Waals surface area contributed by atoms with Crippen LogP contribution in [-0.4, -0.2) is 17.6 Å². The highest BCUT2D eigenvalue weighted by Crippen LogP contribution is 2.71. The van der Waals surface area contributed by atoms with E-state index in [0.717, 1.165) is 11.3 Å². The van der Waals surface area contributed by atoms with Gasteiger partial charge >= 0.3 is 5.97 Å². The van der Waals surface area contributed by atoms with Crippen LogP contribution >= 0.6 is 35.1 Å². The molecule has 0 amide bonds. The molecule has 2 aliphatic rings. The summed E-state index contributed by atoms with van der Waals surface area (Å²) < 4.78 is 4.09. The fourth-order valence-corrected chi connectivity index (χ4v) is 9.47. The highest BCUT2D eigenvalue weighted by Gasteiger charge is 2.62. The van der Waals surface area contributed by atoms with Gasteiger partial charge in [0.25, 0.3) is 0 Å². The van der Waals surface area contributed by atoms with Gasteiger partial charge in [0.15, 0.2) is 4.20 Å². The van der Waals surface area contributed by atoms with E-state index < -0.39 is 14.9 Å². The van der Waals surface area contributed by atoms with Gasteiger partial charge < -0.3 is 4.74 Å². The molecule has 6 rings (SSSR count). The second-order valence-corrected chi connectivity index (χ2v) is 12.8. The van der Waals surface area contributed by atoms with Gasteiger partial charge in [-0.1, -0.05) is 114 Å². The lowest BCUT2D eigenvalue weighted by atomic mass is 9.79. The number of nitrogens with zero attached hydrogens (tertiary/aromatic N) is 2. The molecular formula is C32H27ClN2O2S2. The molecular weight excluding hydrogens is 544 g/mol. The van der Waals surface area contributed by atoms with E-state index in [0.29, 0.717) is 10.1 Å². The Kier molecular flexibility index (Phi) is 6.74. The summed E-state index contributed by atoms with van der Waals surface area (Å²) in [4.78, 5) is 13.1. The molecule has 4 aromatic carbocycles. The van der Waals surface area contributed by atoms with Crippen LogP contribution < -0.4 is 5.01 Å². The number of aryl methyl sites for hydroxylation is 2. The number of hydrogen-bond acceptors (Lipinski definition) is 6. The van der Waals surface area contributed by atoms with Crippen molar-refractivity contribution in [1.29, 1.82) is 0 Å². The van der Waals surface area contributed by atoms with Crippen molar-refractivity contribution < 1.29 is 9.53 Å². The molecule has 0 aliphatic carbocycles. The molecule has 4 nitrogen and oxygen atoms in total. The van der Waals surface area contributed by atoms with Crippen LogP contribution in [0.3, 0.4) is 0 Å². The topological polar surface area (TPSA) is 41.9 Å². The average Bonchev–Trinajstić information content (AvgIpc) is 3.46. The van der Waals surface area contributed by atoms with Crippen LogP contribution in [0.15, 0.2) is 102 Å². The van der Waals surface area contributed by atoms with Gasteiger partial charge in [0.1, 0.15) is 0 Å². The van der Waals surface area contributed by atoms with E-state index in [4.69, 9.17) is 21.4 Å². The summed E-state index contributed by atoms with van der Waals surface area (Å²) in [6.45, 7) is 6.42. The lowest BCUT2D eigenvalue weighted by molar-refractivity contribution is -0.134. The molecule has 196 valence electrons. The lowest BCUT2D eigenvalue weighted by Crippen LogP contribution is -2.34. The Morgan fingerprint density at radius 3 is 2.03 bits per heavy atom. The lowest BCUT2D eigenvalue weighted by Gasteiger charge is -2.38. The van der Waals surface area contributed by atoms with E-state index in [-0.39, 0.29) is 6.61 Å². The number of benzene rings is 4. The van der Waals surface area contributed by atoms with Gasteiger partial charge in [-0.2, -0.15) is 5.10 Å². The molecule has 2 heterocycles. The van der Waals surface area contributed by atoms with E-state index in [1.807, 2.05) is 36.2 Å². The standard InChI is InChI=1S/C32H27ClN2O2S2/c1-4-37-30(36)29-34-35(24-15-11-14-23(33)20-24)32(38-29)28-19-10-9-18-27(28)31(39-32,25-16-7-5-12-21(25)2)26-17-8-6-13-22(26)3/h5-20H,4H2,1-3H3/t32-/m0/s1. The third-order valence-electron chi connectivity index (χ3n) is 7.19. The van der Waals surface area contributed by atoms with Crippen LogP contribution in [0.1, 0.15) is 40.3 Å². The third kappa shape index (κ3) is 4.08. The number of fused-ring (bicyclic) bond motifs is 2. The third-order valence-corrected chi connectivity index (χ3v) is 10.7. The molecule has 0 unspecified atom stereocenters. The first-order valence-electron chi connectivity index (χ1n) is 12.8. The molecule has 39 heavy (non-hydrogen) atoms. The summed E-state index contributed by atoms with van der Waals surface area (Å²) in [5.41, 5.74) is 7.90. The molecule has 0 saturated heterocycles. The normalized spacial score (nSPS) is 19.2.